The van der Waals surface area contributed by atoms with E-state index >= 15 is 0 Å². The first kappa shape index (κ1) is 16.4. The number of anilines is 2. The fourth-order valence-electron chi connectivity index (χ4n) is 2.06. The SMILES string of the molecule is CCCCc1ccc(NC(=S)Nc2cc(F)cc(F)c2)cc1. The molecule has 0 aliphatic heterocycles. The average Bonchev–Trinajstić information content (AvgIpc) is 2.45. The first-order valence-electron chi connectivity index (χ1n) is 7.20. The van der Waals surface area contributed by atoms with Crippen molar-refractivity contribution in [2.45, 2.75) is 26.2 Å². The predicted molar refractivity (Wildman–Crippen MR) is 91.3 cm³/mol. The van der Waals surface area contributed by atoms with E-state index in [1.165, 1.54) is 17.7 Å². The molecule has 0 unspecified atom stereocenters. The highest BCUT2D eigenvalue weighted by molar-refractivity contribution is 7.80. The summed E-state index contributed by atoms with van der Waals surface area (Å²) in [6, 6.07) is 11.1. The van der Waals surface area contributed by atoms with Crippen molar-refractivity contribution in [3.8, 4) is 0 Å². The van der Waals surface area contributed by atoms with E-state index < -0.39 is 11.6 Å². The minimum atomic E-state index is -0.648. The van der Waals surface area contributed by atoms with Crippen LogP contribution in [-0.4, -0.2) is 5.11 Å². The Morgan fingerprint density at radius 1 is 0.955 bits per heavy atom. The van der Waals surface area contributed by atoms with Crippen LogP contribution in [0.25, 0.3) is 0 Å². The maximum absolute atomic E-state index is 13.1. The zero-order valence-electron chi connectivity index (χ0n) is 12.3. The number of unbranched alkanes of at least 4 members (excludes halogenated alkanes) is 1. The molecule has 0 saturated carbocycles. The molecule has 116 valence electrons. The van der Waals surface area contributed by atoms with E-state index in [9.17, 15) is 8.78 Å². The first-order valence-corrected chi connectivity index (χ1v) is 7.60. The van der Waals surface area contributed by atoms with Crippen LogP contribution in [0.3, 0.4) is 0 Å². The van der Waals surface area contributed by atoms with Crippen molar-refractivity contribution in [3.05, 3.63) is 59.7 Å². The Labute approximate surface area is 134 Å². The third kappa shape index (κ3) is 5.07. The van der Waals surface area contributed by atoms with Crippen molar-refractivity contribution in [1.82, 2.24) is 0 Å². The molecule has 0 saturated heterocycles. The van der Waals surface area contributed by atoms with Gasteiger partial charge in [0.2, 0.25) is 0 Å². The predicted octanol–water partition coefficient (Wildman–Crippen LogP) is 5.12. The second-order valence-electron chi connectivity index (χ2n) is 5.04. The summed E-state index contributed by atoms with van der Waals surface area (Å²) in [4.78, 5) is 0. The van der Waals surface area contributed by atoms with Gasteiger partial charge in [-0.1, -0.05) is 25.5 Å². The largest absolute Gasteiger partial charge is 0.332 e. The molecule has 0 heterocycles. The van der Waals surface area contributed by atoms with Crippen molar-refractivity contribution < 1.29 is 8.78 Å². The maximum atomic E-state index is 13.1. The van der Waals surface area contributed by atoms with Crippen LogP contribution in [0, 0.1) is 11.6 Å². The van der Waals surface area contributed by atoms with Gasteiger partial charge in [-0.05, 0) is 54.9 Å². The van der Waals surface area contributed by atoms with Gasteiger partial charge < -0.3 is 10.6 Å². The molecule has 0 aromatic heterocycles. The lowest BCUT2D eigenvalue weighted by Crippen LogP contribution is -2.19. The van der Waals surface area contributed by atoms with Crippen LogP contribution in [0.5, 0.6) is 0 Å². The number of nitrogens with one attached hydrogen (secondary N) is 2. The highest BCUT2D eigenvalue weighted by atomic mass is 32.1. The molecule has 2 nitrogen and oxygen atoms in total. The Balaban J connectivity index is 1.93. The summed E-state index contributed by atoms with van der Waals surface area (Å²) in [7, 11) is 0. The second kappa shape index (κ2) is 7.84. The van der Waals surface area contributed by atoms with Crippen LogP contribution in [0.2, 0.25) is 0 Å². The van der Waals surface area contributed by atoms with Gasteiger partial charge in [0.05, 0.1) is 0 Å². The van der Waals surface area contributed by atoms with Crippen molar-refractivity contribution in [3.63, 3.8) is 0 Å². The van der Waals surface area contributed by atoms with Gasteiger partial charge in [-0.15, -0.1) is 0 Å². The Morgan fingerprint density at radius 3 is 2.14 bits per heavy atom. The maximum Gasteiger partial charge on any atom is 0.175 e. The van der Waals surface area contributed by atoms with Crippen LogP contribution >= 0.6 is 12.2 Å². The van der Waals surface area contributed by atoms with E-state index in [4.69, 9.17) is 12.2 Å². The summed E-state index contributed by atoms with van der Waals surface area (Å²) in [5.74, 6) is -1.30. The van der Waals surface area contributed by atoms with Crippen LogP contribution in [0.1, 0.15) is 25.3 Å². The summed E-state index contributed by atoms with van der Waals surface area (Å²) in [5.41, 5.74) is 2.38. The normalized spacial score (nSPS) is 10.3. The lowest BCUT2D eigenvalue weighted by atomic mass is 10.1. The molecule has 2 N–H and O–H groups in total. The van der Waals surface area contributed by atoms with Gasteiger partial charge >= 0.3 is 0 Å². The lowest BCUT2D eigenvalue weighted by molar-refractivity contribution is 0.584. The molecule has 0 spiro atoms. The van der Waals surface area contributed by atoms with E-state index in [0.717, 1.165) is 31.0 Å². The van der Waals surface area contributed by atoms with E-state index in [2.05, 4.69) is 17.6 Å². The Bertz CT molecular complexity index is 621. The summed E-state index contributed by atoms with van der Waals surface area (Å²) in [5, 5.41) is 6.03. The molecule has 0 fully saturated rings. The molecule has 0 aliphatic rings. The quantitative estimate of drug-likeness (QED) is 0.748. The Kier molecular flexibility index (Phi) is 5.83. The van der Waals surface area contributed by atoms with Gasteiger partial charge in [0, 0.05) is 17.4 Å². The number of aryl methyl sites for hydroxylation is 1. The topological polar surface area (TPSA) is 24.1 Å². The average molecular weight is 320 g/mol. The molecule has 0 bridgehead atoms. The standard InChI is InChI=1S/C17H18F2N2S/c1-2-3-4-12-5-7-15(8-6-12)20-17(22)21-16-10-13(18)9-14(19)11-16/h5-11H,2-4H2,1H3,(H2,20,21,22). The number of thiocarbonyl (C=S) groups is 1. The molecular weight excluding hydrogens is 302 g/mol. The molecule has 2 rings (SSSR count). The number of benzene rings is 2. The van der Waals surface area contributed by atoms with Crippen molar-refractivity contribution in [2.75, 3.05) is 10.6 Å². The highest BCUT2D eigenvalue weighted by Gasteiger charge is 2.03. The fraction of sp³-hybridized carbons (Fsp3) is 0.235. The minimum Gasteiger partial charge on any atom is -0.332 e. The molecule has 0 amide bonds. The summed E-state index contributed by atoms with van der Waals surface area (Å²) >= 11 is 5.14. The summed E-state index contributed by atoms with van der Waals surface area (Å²) < 4.78 is 26.2. The van der Waals surface area contributed by atoms with Gasteiger partial charge in [-0.2, -0.15) is 0 Å². The number of hydrogen-bond donors (Lipinski definition) is 2. The van der Waals surface area contributed by atoms with Gasteiger partial charge in [0.1, 0.15) is 11.6 Å². The van der Waals surface area contributed by atoms with Crippen LogP contribution in [0.4, 0.5) is 20.2 Å². The lowest BCUT2D eigenvalue weighted by Gasteiger charge is -2.11. The van der Waals surface area contributed by atoms with Gasteiger partial charge in [0.25, 0.3) is 0 Å². The van der Waals surface area contributed by atoms with Crippen LogP contribution in [0.15, 0.2) is 42.5 Å². The van der Waals surface area contributed by atoms with Crippen molar-refractivity contribution in [2.24, 2.45) is 0 Å². The summed E-state index contributed by atoms with van der Waals surface area (Å²) in [6.07, 6.45) is 3.39. The molecule has 0 radical (unpaired) electrons. The molecule has 2 aromatic rings. The molecule has 5 heteroatoms. The van der Waals surface area contributed by atoms with E-state index in [1.54, 1.807) is 0 Å². The molecule has 2 aromatic carbocycles. The highest BCUT2D eigenvalue weighted by Crippen LogP contribution is 2.15. The summed E-state index contributed by atoms with van der Waals surface area (Å²) in [6.45, 7) is 2.16. The van der Waals surface area contributed by atoms with E-state index in [-0.39, 0.29) is 10.8 Å². The molecule has 0 atom stereocenters. The van der Waals surface area contributed by atoms with Crippen molar-refractivity contribution >= 4 is 28.7 Å². The number of hydrogen-bond acceptors (Lipinski definition) is 1. The number of halogens is 2. The minimum absolute atomic E-state index is 0.273. The zero-order valence-corrected chi connectivity index (χ0v) is 13.1. The van der Waals surface area contributed by atoms with Crippen molar-refractivity contribution in [1.29, 1.82) is 0 Å². The van der Waals surface area contributed by atoms with Gasteiger partial charge in [-0.3, -0.25) is 0 Å². The third-order valence-corrected chi connectivity index (χ3v) is 3.36. The van der Waals surface area contributed by atoms with Gasteiger partial charge in [0.15, 0.2) is 5.11 Å². The molecule has 0 aliphatic carbocycles. The Morgan fingerprint density at radius 2 is 1.55 bits per heavy atom. The first-order chi connectivity index (χ1) is 10.6. The fourth-order valence-corrected chi connectivity index (χ4v) is 2.29. The second-order valence-corrected chi connectivity index (χ2v) is 5.45. The smallest absolute Gasteiger partial charge is 0.175 e. The Hall–Kier alpha value is -2.01. The van der Waals surface area contributed by atoms with Crippen LogP contribution < -0.4 is 10.6 Å². The van der Waals surface area contributed by atoms with Gasteiger partial charge in [-0.25, -0.2) is 8.78 Å². The van der Waals surface area contributed by atoms with E-state index in [0.29, 0.717) is 0 Å². The zero-order chi connectivity index (χ0) is 15.9. The third-order valence-electron chi connectivity index (χ3n) is 3.15. The van der Waals surface area contributed by atoms with E-state index in [1.807, 2.05) is 24.3 Å². The van der Waals surface area contributed by atoms with Crippen LogP contribution in [-0.2, 0) is 6.42 Å². The molecule has 22 heavy (non-hydrogen) atoms. The molecular formula is C17H18F2N2S. The number of rotatable bonds is 5. The monoisotopic (exact) mass is 320 g/mol.